The average Bonchev–Trinajstić information content (AvgIpc) is 2.86. The van der Waals surface area contributed by atoms with Crippen molar-refractivity contribution in [2.75, 3.05) is 13.7 Å². The maximum Gasteiger partial charge on any atom is 0.337 e. The SMILES string of the molecule is C=C(C=CC=C(CCCCCCCCC)c1ccccc1C1NC(=O)NC(C)=C1C(=O)OC)OCC. The number of unbranched alkanes of at least 4 members (excludes halogenated alkanes) is 6. The van der Waals surface area contributed by atoms with E-state index < -0.39 is 12.0 Å². The highest BCUT2D eigenvalue weighted by Crippen LogP contribution is 2.34. The molecule has 1 heterocycles. The van der Waals surface area contributed by atoms with Crippen LogP contribution < -0.4 is 10.6 Å². The smallest absolute Gasteiger partial charge is 0.337 e. The highest BCUT2D eigenvalue weighted by molar-refractivity contribution is 5.95. The van der Waals surface area contributed by atoms with Gasteiger partial charge in [-0.2, -0.15) is 0 Å². The molecule has 2 amide bonds. The Labute approximate surface area is 216 Å². The predicted octanol–water partition coefficient (Wildman–Crippen LogP) is 7.12. The lowest BCUT2D eigenvalue weighted by molar-refractivity contribution is -0.136. The molecule has 0 fully saturated rings. The number of benzene rings is 1. The number of carbonyl (C=O) groups excluding carboxylic acids is 2. The van der Waals surface area contributed by atoms with E-state index in [9.17, 15) is 9.59 Å². The average molecular weight is 495 g/mol. The van der Waals surface area contributed by atoms with Crippen LogP contribution in [0.5, 0.6) is 0 Å². The van der Waals surface area contributed by atoms with Crippen molar-refractivity contribution in [1.29, 1.82) is 0 Å². The van der Waals surface area contributed by atoms with Gasteiger partial charge in [-0.1, -0.05) is 88.4 Å². The van der Waals surface area contributed by atoms with E-state index in [4.69, 9.17) is 9.47 Å². The topological polar surface area (TPSA) is 76.7 Å². The molecular formula is C30H42N2O4. The summed E-state index contributed by atoms with van der Waals surface area (Å²) in [5.41, 5.74) is 3.89. The van der Waals surface area contributed by atoms with E-state index in [-0.39, 0.29) is 6.03 Å². The van der Waals surface area contributed by atoms with Gasteiger partial charge < -0.3 is 20.1 Å². The van der Waals surface area contributed by atoms with E-state index in [1.54, 1.807) is 6.92 Å². The first kappa shape index (κ1) is 29.0. The van der Waals surface area contributed by atoms with Crippen LogP contribution in [-0.4, -0.2) is 25.7 Å². The molecule has 1 aromatic carbocycles. The Bertz CT molecular complexity index is 990. The van der Waals surface area contributed by atoms with Crippen molar-refractivity contribution in [3.8, 4) is 0 Å². The third-order valence-corrected chi connectivity index (χ3v) is 6.25. The van der Waals surface area contributed by atoms with Crippen LogP contribution in [0.25, 0.3) is 5.57 Å². The Morgan fingerprint density at radius 3 is 2.47 bits per heavy atom. The number of hydrogen-bond donors (Lipinski definition) is 2. The molecule has 0 spiro atoms. The van der Waals surface area contributed by atoms with Crippen molar-refractivity contribution in [1.82, 2.24) is 10.6 Å². The number of esters is 1. The molecule has 1 aromatic rings. The molecule has 1 unspecified atom stereocenters. The zero-order valence-corrected chi connectivity index (χ0v) is 22.3. The standard InChI is InChI=1S/C30H42N2O4/c1-6-8-9-10-11-12-13-18-24(19-16-17-22(3)36-7-2)25-20-14-15-21-26(25)28-27(29(33)35-5)23(4)31-30(34)32-28/h14-17,19-21,28H,3,6-13,18H2,1-2,4-5H3,(H2,31,32,34). The predicted molar refractivity (Wildman–Crippen MR) is 146 cm³/mol. The van der Waals surface area contributed by atoms with Gasteiger partial charge in [0.2, 0.25) is 0 Å². The molecule has 1 aliphatic heterocycles. The zero-order valence-electron chi connectivity index (χ0n) is 22.3. The number of rotatable bonds is 15. The van der Waals surface area contributed by atoms with Crippen LogP contribution in [0.2, 0.25) is 0 Å². The molecule has 2 rings (SSSR count). The number of nitrogens with one attached hydrogen (secondary N) is 2. The number of ether oxygens (including phenoxy) is 2. The molecule has 0 aromatic heterocycles. The largest absolute Gasteiger partial charge is 0.495 e. The van der Waals surface area contributed by atoms with Gasteiger partial charge in [0.05, 0.1) is 25.3 Å². The van der Waals surface area contributed by atoms with Gasteiger partial charge in [-0.15, -0.1) is 0 Å². The lowest BCUT2D eigenvalue weighted by atomic mass is 9.87. The molecular weight excluding hydrogens is 452 g/mol. The second kappa shape index (κ2) is 15.7. The van der Waals surface area contributed by atoms with Crippen molar-refractivity contribution < 1.29 is 19.1 Å². The first-order valence-corrected chi connectivity index (χ1v) is 13.1. The Morgan fingerprint density at radius 1 is 1.08 bits per heavy atom. The van der Waals surface area contributed by atoms with Gasteiger partial charge in [-0.05, 0) is 49.5 Å². The van der Waals surface area contributed by atoms with Crippen LogP contribution in [0.1, 0.15) is 89.3 Å². The van der Waals surface area contributed by atoms with Crippen LogP contribution in [0, 0.1) is 0 Å². The summed E-state index contributed by atoms with van der Waals surface area (Å²) in [6.45, 7) is 10.4. The van der Waals surface area contributed by atoms with Crippen molar-refractivity contribution >= 4 is 17.6 Å². The van der Waals surface area contributed by atoms with Gasteiger partial charge in [0, 0.05) is 5.70 Å². The molecule has 2 N–H and O–H groups in total. The fraction of sp³-hybridized carbons (Fsp3) is 0.467. The molecule has 1 aliphatic rings. The monoisotopic (exact) mass is 494 g/mol. The highest BCUT2D eigenvalue weighted by Gasteiger charge is 2.33. The number of carbonyl (C=O) groups is 2. The Balaban J connectivity index is 2.38. The molecule has 0 aliphatic carbocycles. The van der Waals surface area contributed by atoms with Crippen molar-refractivity contribution in [2.45, 2.75) is 78.2 Å². The first-order valence-electron chi connectivity index (χ1n) is 13.1. The molecule has 0 radical (unpaired) electrons. The lowest BCUT2D eigenvalue weighted by Gasteiger charge is -2.29. The normalized spacial score (nSPS) is 16.1. The number of allylic oxidation sites excluding steroid dienone is 5. The summed E-state index contributed by atoms with van der Waals surface area (Å²) in [5, 5.41) is 5.62. The van der Waals surface area contributed by atoms with Gasteiger partial charge in [0.25, 0.3) is 0 Å². The lowest BCUT2D eigenvalue weighted by Crippen LogP contribution is -2.45. The van der Waals surface area contributed by atoms with E-state index >= 15 is 0 Å². The van der Waals surface area contributed by atoms with Gasteiger partial charge in [-0.25, -0.2) is 9.59 Å². The molecule has 0 bridgehead atoms. The highest BCUT2D eigenvalue weighted by atomic mass is 16.5. The maximum atomic E-state index is 12.7. The van der Waals surface area contributed by atoms with Crippen molar-refractivity contribution in [2.24, 2.45) is 0 Å². The summed E-state index contributed by atoms with van der Waals surface area (Å²) in [4.78, 5) is 25.0. The number of methoxy groups -OCH3 is 1. The molecule has 196 valence electrons. The van der Waals surface area contributed by atoms with Crippen LogP contribution in [0.15, 0.2) is 66.1 Å². The van der Waals surface area contributed by atoms with Crippen LogP contribution >= 0.6 is 0 Å². The minimum Gasteiger partial charge on any atom is -0.495 e. The van der Waals surface area contributed by atoms with E-state index in [2.05, 4.69) is 30.2 Å². The molecule has 6 nitrogen and oxygen atoms in total. The quantitative estimate of drug-likeness (QED) is 0.118. The fourth-order valence-corrected chi connectivity index (χ4v) is 4.43. The van der Waals surface area contributed by atoms with Crippen molar-refractivity contribution in [3.05, 3.63) is 77.2 Å². The summed E-state index contributed by atoms with van der Waals surface area (Å²) in [5.74, 6) is 0.139. The number of urea groups is 1. The third-order valence-electron chi connectivity index (χ3n) is 6.25. The molecule has 1 atom stereocenters. The fourth-order valence-electron chi connectivity index (χ4n) is 4.43. The summed E-state index contributed by atoms with van der Waals surface area (Å²) >= 11 is 0. The number of amides is 2. The second-order valence-electron chi connectivity index (χ2n) is 8.97. The van der Waals surface area contributed by atoms with Crippen LogP contribution in [-0.2, 0) is 14.3 Å². The van der Waals surface area contributed by atoms with Crippen LogP contribution in [0.4, 0.5) is 4.79 Å². The Morgan fingerprint density at radius 2 is 1.78 bits per heavy atom. The van der Waals surface area contributed by atoms with E-state index in [1.165, 1.54) is 39.2 Å². The summed E-state index contributed by atoms with van der Waals surface area (Å²) in [6.07, 6.45) is 15.3. The minimum absolute atomic E-state index is 0.342. The second-order valence-corrected chi connectivity index (χ2v) is 8.97. The molecule has 0 saturated carbocycles. The van der Waals surface area contributed by atoms with Crippen molar-refractivity contribution in [3.63, 3.8) is 0 Å². The number of hydrogen-bond acceptors (Lipinski definition) is 4. The molecule has 36 heavy (non-hydrogen) atoms. The van der Waals surface area contributed by atoms with Gasteiger partial charge >= 0.3 is 12.0 Å². The first-order chi connectivity index (χ1) is 17.4. The van der Waals surface area contributed by atoms with Gasteiger partial charge in [-0.3, -0.25) is 0 Å². The zero-order chi connectivity index (χ0) is 26.3. The molecule has 6 heteroatoms. The van der Waals surface area contributed by atoms with Gasteiger partial charge in [0.1, 0.15) is 5.76 Å². The van der Waals surface area contributed by atoms with E-state index in [0.29, 0.717) is 23.6 Å². The van der Waals surface area contributed by atoms with E-state index in [1.807, 2.05) is 43.3 Å². The summed E-state index contributed by atoms with van der Waals surface area (Å²) in [7, 11) is 1.35. The maximum absolute atomic E-state index is 12.7. The summed E-state index contributed by atoms with van der Waals surface area (Å²) in [6, 6.07) is 6.97. The van der Waals surface area contributed by atoms with E-state index in [0.717, 1.165) is 36.0 Å². The Hall–Kier alpha value is -3.28. The summed E-state index contributed by atoms with van der Waals surface area (Å²) < 4.78 is 10.5. The van der Waals surface area contributed by atoms with Gasteiger partial charge in [0.15, 0.2) is 0 Å². The minimum atomic E-state index is -0.609. The molecule has 0 saturated heterocycles. The third kappa shape index (κ3) is 8.74. The van der Waals surface area contributed by atoms with Crippen LogP contribution in [0.3, 0.4) is 0 Å². The Kier molecular flexibility index (Phi) is 12.6.